The number of halogens is 3. The Bertz CT molecular complexity index is 1650. The first-order chi connectivity index (χ1) is 19.8. The van der Waals surface area contributed by atoms with Crippen molar-refractivity contribution < 1.29 is 23.5 Å². The number of aromatic nitrogens is 3. The predicted octanol–water partition coefficient (Wildman–Crippen LogP) is 4.84. The molecule has 1 aliphatic heterocycles. The summed E-state index contributed by atoms with van der Waals surface area (Å²) in [5, 5.41) is 5.88. The number of anilines is 1. The molecule has 2 amide bonds. The van der Waals surface area contributed by atoms with Crippen molar-refractivity contribution in [1.82, 2.24) is 20.3 Å². The number of aliphatic imine (C=N–C) groups is 1. The second kappa shape index (κ2) is 12.3. The molecule has 0 fully saturated rings. The number of carbonyl (C=O) groups is 2. The van der Waals surface area contributed by atoms with Gasteiger partial charge in [-0.1, -0.05) is 41.4 Å². The zero-order valence-electron chi connectivity index (χ0n) is 21.4. The van der Waals surface area contributed by atoms with Gasteiger partial charge in [-0.05, 0) is 37.3 Å². The van der Waals surface area contributed by atoms with Gasteiger partial charge in [0.05, 0.1) is 34.8 Å². The van der Waals surface area contributed by atoms with Crippen molar-refractivity contribution in [2.24, 2.45) is 4.99 Å². The SMILES string of the molecule is CCOc1cc(Cl)cc(Cl)c1C1=N[C@@H](NC(=O)c2cc(F)cnc2OCc2ncccn2)C(=O)Nc2ccccc21. The lowest BCUT2D eigenvalue weighted by Crippen LogP contribution is -2.42. The number of nitrogens with one attached hydrogen (secondary N) is 2. The summed E-state index contributed by atoms with van der Waals surface area (Å²) in [5.41, 5.74) is 1.35. The Morgan fingerprint density at radius 3 is 2.63 bits per heavy atom. The molecule has 0 aliphatic carbocycles. The summed E-state index contributed by atoms with van der Waals surface area (Å²) >= 11 is 12.8. The molecule has 5 rings (SSSR count). The van der Waals surface area contributed by atoms with Crippen LogP contribution in [0.5, 0.6) is 11.6 Å². The fraction of sp³-hybridized carbons (Fsp3) is 0.143. The molecule has 4 aromatic rings. The fourth-order valence-corrected chi connectivity index (χ4v) is 4.61. The lowest BCUT2D eigenvalue weighted by Gasteiger charge is -2.17. The van der Waals surface area contributed by atoms with Gasteiger partial charge in [0.25, 0.3) is 11.8 Å². The Hall–Kier alpha value is -4.61. The number of pyridine rings is 1. The molecule has 2 aromatic heterocycles. The molecule has 0 unspecified atom stereocenters. The van der Waals surface area contributed by atoms with Gasteiger partial charge in [-0.25, -0.2) is 24.3 Å². The Kier molecular flexibility index (Phi) is 8.37. The number of carbonyl (C=O) groups excluding carboxylic acids is 2. The van der Waals surface area contributed by atoms with E-state index in [0.717, 1.165) is 12.3 Å². The first-order valence-corrected chi connectivity index (χ1v) is 13.0. The monoisotopic (exact) mass is 594 g/mol. The highest BCUT2D eigenvalue weighted by atomic mass is 35.5. The van der Waals surface area contributed by atoms with Crippen molar-refractivity contribution in [1.29, 1.82) is 0 Å². The van der Waals surface area contributed by atoms with E-state index in [9.17, 15) is 14.0 Å². The molecule has 1 atom stereocenters. The van der Waals surface area contributed by atoms with Gasteiger partial charge >= 0.3 is 0 Å². The van der Waals surface area contributed by atoms with Crippen molar-refractivity contribution in [2.45, 2.75) is 19.7 Å². The van der Waals surface area contributed by atoms with E-state index < -0.39 is 23.8 Å². The van der Waals surface area contributed by atoms with Gasteiger partial charge in [0.15, 0.2) is 5.82 Å². The van der Waals surface area contributed by atoms with E-state index in [1.54, 1.807) is 43.3 Å². The van der Waals surface area contributed by atoms with Crippen LogP contribution in [-0.4, -0.2) is 45.3 Å². The number of hydrogen-bond acceptors (Lipinski definition) is 8. The Morgan fingerprint density at radius 1 is 1.07 bits per heavy atom. The summed E-state index contributed by atoms with van der Waals surface area (Å²) in [6, 6.07) is 12.6. The zero-order valence-corrected chi connectivity index (χ0v) is 22.9. The van der Waals surface area contributed by atoms with Crippen LogP contribution in [0.3, 0.4) is 0 Å². The number of amides is 2. The van der Waals surface area contributed by atoms with Crippen LogP contribution in [0.25, 0.3) is 0 Å². The molecular weight excluding hydrogens is 574 g/mol. The lowest BCUT2D eigenvalue weighted by atomic mass is 9.99. The van der Waals surface area contributed by atoms with Crippen LogP contribution < -0.4 is 20.1 Å². The minimum atomic E-state index is -1.46. The van der Waals surface area contributed by atoms with Crippen LogP contribution in [0.2, 0.25) is 10.0 Å². The molecule has 10 nitrogen and oxygen atoms in total. The highest BCUT2D eigenvalue weighted by Gasteiger charge is 2.31. The van der Waals surface area contributed by atoms with E-state index in [4.69, 9.17) is 32.7 Å². The highest BCUT2D eigenvalue weighted by Crippen LogP contribution is 2.36. The average molecular weight is 595 g/mol. The van der Waals surface area contributed by atoms with Crippen LogP contribution in [0.1, 0.15) is 34.2 Å². The van der Waals surface area contributed by atoms with Gasteiger partial charge in [0.2, 0.25) is 12.0 Å². The molecule has 0 spiro atoms. The number of para-hydroxylation sites is 1. The smallest absolute Gasteiger partial charge is 0.269 e. The minimum absolute atomic E-state index is 0.128. The maximum atomic E-state index is 14.2. The van der Waals surface area contributed by atoms with E-state index in [2.05, 4.69) is 30.6 Å². The number of ether oxygens (including phenoxy) is 2. The molecular formula is C28H21Cl2FN6O4. The summed E-state index contributed by atoms with van der Waals surface area (Å²) in [4.78, 5) is 43.3. The fourth-order valence-electron chi connectivity index (χ4n) is 4.05. The van der Waals surface area contributed by atoms with Gasteiger partial charge in [0, 0.05) is 23.0 Å². The summed E-state index contributed by atoms with van der Waals surface area (Å²) in [6.45, 7) is 1.97. The second-order valence-corrected chi connectivity index (χ2v) is 9.39. The van der Waals surface area contributed by atoms with E-state index in [1.807, 2.05) is 0 Å². The Balaban J connectivity index is 1.53. The van der Waals surface area contributed by atoms with Crippen molar-refractivity contribution >= 4 is 46.4 Å². The van der Waals surface area contributed by atoms with Crippen molar-refractivity contribution in [3.05, 3.63) is 105 Å². The number of benzodiazepines with no additional fused rings is 1. The topological polar surface area (TPSA) is 128 Å². The molecule has 0 bridgehead atoms. The number of hydrogen-bond donors (Lipinski definition) is 2. The highest BCUT2D eigenvalue weighted by molar-refractivity contribution is 6.39. The average Bonchev–Trinajstić information content (AvgIpc) is 3.08. The quantitative estimate of drug-likeness (QED) is 0.299. The molecule has 0 radical (unpaired) electrons. The third kappa shape index (κ3) is 6.26. The normalized spacial score (nSPS) is 14.3. The Morgan fingerprint density at radius 2 is 1.85 bits per heavy atom. The molecule has 208 valence electrons. The molecule has 2 N–H and O–H groups in total. The molecule has 0 saturated heterocycles. The van der Waals surface area contributed by atoms with Gasteiger partial charge in [-0.15, -0.1) is 0 Å². The van der Waals surface area contributed by atoms with E-state index in [0.29, 0.717) is 40.0 Å². The van der Waals surface area contributed by atoms with Crippen molar-refractivity contribution in [3.63, 3.8) is 0 Å². The van der Waals surface area contributed by atoms with Crippen LogP contribution in [0, 0.1) is 5.82 Å². The van der Waals surface area contributed by atoms with Gasteiger partial charge in [-0.2, -0.15) is 0 Å². The summed E-state index contributed by atoms with van der Waals surface area (Å²) in [5.74, 6) is -1.81. The predicted molar refractivity (Wildman–Crippen MR) is 150 cm³/mol. The molecule has 0 saturated carbocycles. The van der Waals surface area contributed by atoms with Crippen LogP contribution in [-0.2, 0) is 11.4 Å². The van der Waals surface area contributed by atoms with Crippen molar-refractivity contribution in [3.8, 4) is 11.6 Å². The van der Waals surface area contributed by atoms with Gasteiger partial charge in [0.1, 0.15) is 23.7 Å². The zero-order chi connectivity index (χ0) is 28.9. The van der Waals surface area contributed by atoms with Gasteiger partial charge < -0.3 is 20.1 Å². The maximum Gasteiger partial charge on any atom is 0.269 e. The molecule has 41 heavy (non-hydrogen) atoms. The molecule has 13 heteroatoms. The largest absolute Gasteiger partial charge is 0.493 e. The third-order valence-electron chi connectivity index (χ3n) is 5.79. The van der Waals surface area contributed by atoms with E-state index in [1.165, 1.54) is 18.5 Å². The lowest BCUT2D eigenvalue weighted by molar-refractivity contribution is -0.117. The maximum absolute atomic E-state index is 14.2. The molecule has 3 heterocycles. The van der Waals surface area contributed by atoms with E-state index in [-0.39, 0.29) is 28.8 Å². The van der Waals surface area contributed by atoms with E-state index >= 15 is 0 Å². The third-order valence-corrected chi connectivity index (χ3v) is 6.31. The van der Waals surface area contributed by atoms with Crippen molar-refractivity contribution in [2.75, 3.05) is 11.9 Å². The number of benzene rings is 2. The summed E-state index contributed by atoms with van der Waals surface area (Å²) in [7, 11) is 0. The van der Waals surface area contributed by atoms with Crippen LogP contribution in [0.15, 0.2) is 72.1 Å². The minimum Gasteiger partial charge on any atom is -0.493 e. The second-order valence-electron chi connectivity index (χ2n) is 8.54. The first-order valence-electron chi connectivity index (χ1n) is 12.3. The van der Waals surface area contributed by atoms with Crippen LogP contribution in [0.4, 0.5) is 10.1 Å². The number of fused-ring (bicyclic) bond motifs is 1. The molecule has 1 aliphatic rings. The standard InChI is InChI=1S/C28H21Cl2FN6O4/c1-2-40-21-11-15(29)10-19(30)23(21)24-17-6-3-4-7-20(17)35-27(39)25(36-24)37-26(38)18-12-16(31)13-34-28(18)41-14-22-32-8-5-9-33-22/h3-13,25H,2,14H2,1H3,(H,35,39)(H,37,38)/t25-/m0/s1. The summed E-state index contributed by atoms with van der Waals surface area (Å²) in [6.07, 6.45) is 2.50. The Labute approximate surface area is 243 Å². The number of nitrogens with zero attached hydrogens (tertiary/aromatic N) is 4. The van der Waals surface area contributed by atoms with Gasteiger partial charge in [-0.3, -0.25) is 9.59 Å². The first kappa shape index (κ1) is 27.9. The number of rotatable bonds is 8. The summed E-state index contributed by atoms with van der Waals surface area (Å²) < 4.78 is 25.6. The molecule has 2 aromatic carbocycles. The van der Waals surface area contributed by atoms with Crippen LogP contribution >= 0.6 is 23.2 Å².